The number of rotatable bonds is 9. The molecular weight excluding hydrogens is 334 g/mol. The van der Waals surface area contributed by atoms with Crippen LogP contribution in [0.15, 0.2) is 64.8 Å². The molecule has 0 spiro atoms. The summed E-state index contributed by atoms with van der Waals surface area (Å²) >= 11 is 1.46. The van der Waals surface area contributed by atoms with E-state index >= 15 is 0 Å². The van der Waals surface area contributed by atoms with E-state index in [0.29, 0.717) is 18.4 Å². The molecule has 0 amide bonds. The summed E-state index contributed by atoms with van der Waals surface area (Å²) in [6.07, 6.45) is 2.54. The summed E-state index contributed by atoms with van der Waals surface area (Å²) in [5.41, 5.74) is 8.00. The van der Waals surface area contributed by atoms with Gasteiger partial charge in [0, 0.05) is 25.9 Å². The molecule has 0 saturated heterocycles. The number of ether oxygens (including phenoxy) is 2. The van der Waals surface area contributed by atoms with Crippen molar-refractivity contribution in [2.45, 2.75) is 12.2 Å². The van der Waals surface area contributed by atoms with Gasteiger partial charge in [-0.1, -0.05) is 42.1 Å². The smallest absolute Gasteiger partial charge is 0.180 e. The van der Waals surface area contributed by atoms with Crippen molar-refractivity contribution in [2.24, 2.45) is 15.9 Å². The second-order valence-electron chi connectivity index (χ2n) is 5.22. The van der Waals surface area contributed by atoms with Gasteiger partial charge >= 0.3 is 0 Å². The van der Waals surface area contributed by atoms with Crippen molar-refractivity contribution in [3.05, 3.63) is 65.7 Å². The van der Waals surface area contributed by atoms with Crippen molar-refractivity contribution in [3.63, 3.8) is 0 Å². The predicted octanol–water partition coefficient (Wildman–Crippen LogP) is 3.68. The van der Waals surface area contributed by atoms with Crippen molar-refractivity contribution in [1.29, 1.82) is 0 Å². The summed E-state index contributed by atoms with van der Waals surface area (Å²) in [5, 5.41) is 8.48. The second-order valence-corrected chi connectivity index (χ2v) is 6.22. The lowest BCUT2D eigenvalue weighted by Gasteiger charge is -2.05. The van der Waals surface area contributed by atoms with E-state index in [-0.39, 0.29) is 0 Å². The number of hydrogen-bond acceptors (Lipinski definition) is 5. The number of amidine groups is 1. The van der Waals surface area contributed by atoms with Crippen LogP contribution in [0.2, 0.25) is 0 Å². The van der Waals surface area contributed by atoms with Crippen LogP contribution in [0.3, 0.4) is 0 Å². The first-order valence-electron chi connectivity index (χ1n) is 8.03. The number of methoxy groups -OCH3 is 1. The molecule has 2 aromatic carbocycles. The van der Waals surface area contributed by atoms with Crippen LogP contribution in [0, 0.1) is 0 Å². The quantitative estimate of drug-likeness (QED) is 0.322. The summed E-state index contributed by atoms with van der Waals surface area (Å²) < 4.78 is 10.6. The van der Waals surface area contributed by atoms with Crippen LogP contribution >= 0.6 is 11.8 Å². The molecule has 0 radical (unpaired) electrons. The topological polar surface area (TPSA) is 69.2 Å². The first-order chi connectivity index (χ1) is 12.3. The van der Waals surface area contributed by atoms with Gasteiger partial charge in [0.1, 0.15) is 5.75 Å². The Labute approximate surface area is 152 Å². The van der Waals surface area contributed by atoms with E-state index in [0.717, 1.165) is 23.5 Å². The molecule has 0 aromatic heterocycles. The van der Waals surface area contributed by atoms with Crippen molar-refractivity contribution < 1.29 is 9.47 Å². The average Bonchev–Trinajstić information content (AvgIpc) is 2.66. The number of hydrogen-bond donors (Lipinski definition) is 1. The minimum Gasteiger partial charge on any atom is -0.494 e. The van der Waals surface area contributed by atoms with Crippen LogP contribution in [0.4, 0.5) is 0 Å². The van der Waals surface area contributed by atoms with E-state index < -0.39 is 0 Å². The minimum atomic E-state index is 0.443. The Kier molecular flexibility index (Phi) is 8.58. The van der Waals surface area contributed by atoms with Crippen LogP contribution in [0.25, 0.3) is 0 Å². The summed E-state index contributed by atoms with van der Waals surface area (Å²) in [6, 6.07) is 17.8. The van der Waals surface area contributed by atoms with Crippen molar-refractivity contribution in [3.8, 4) is 5.75 Å². The molecule has 0 saturated carbocycles. The Morgan fingerprint density at radius 1 is 1.08 bits per heavy atom. The van der Waals surface area contributed by atoms with Gasteiger partial charge in [-0.3, -0.25) is 0 Å². The fourth-order valence-electron chi connectivity index (χ4n) is 1.96. The van der Waals surface area contributed by atoms with Gasteiger partial charge in [0.2, 0.25) is 0 Å². The highest BCUT2D eigenvalue weighted by Gasteiger charge is 1.96. The van der Waals surface area contributed by atoms with E-state index in [1.807, 2.05) is 42.5 Å². The predicted molar refractivity (Wildman–Crippen MR) is 105 cm³/mol. The first kappa shape index (κ1) is 19.0. The zero-order valence-electron chi connectivity index (χ0n) is 14.3. The Bertz CT molecular complexity index is 673. The molecule has 6 heteroatoms. The third-order valence-corrected chi connectivity index (χ3v) is 4.09. The fourth-order valence-corrected chi connectivity index (χ4v) is 2.57. The lowest BCUT2D eigenvalue weighted by Crippen LogP contribution is -2.06. The van der Waals surface area contributed by atoms with Gasteiger partial charge in [0.25, 0.3) is 0 Å². The molecule has 0 unspecified atom stereocenters. The SMILES string of the molecule is COCCCOc1ccc(C=NN=C(N)SCc2ccccc2)cc1. The summed E-state index contributed by atoms with van der Waals surface area (Å²) in [4.78, 5) is 0. The van der Waals surface area contributed by atoms with Gasteiger partial charge in [-0.15, -0.1) is 5.10 Å². The average molecular weight is 357 g/mol. The zero-order chi connectivity index (χ0) is 17.7. The summed E-state index contributed by atoms with van der Waals surface area (Å²) in [6.45, 7) is 1.34. The van der Waals surface area contributed by atoms with Crippen LogP contribution in [0.5, 0.6) is 5.75 Å². The van der Waals surface area contributed by atoms with Gasteiger partial charge in [-0.2, -0.15) is 5.10 Å². The molecule has 0 aliphatic carbocycles. The number of benzene rings is 2. The van der Waals surface area contributed by atoms with Crippen molar-refractivity contribution in [1.82, 2.24) is 0 Å². The Balaban J connectivity index is 1.76. The Morgan fingerprint density at radius 3 is 2.56 bits per heavy atom. The highest BCUT2D eigenvalue weighted by atomic mass is 32.2. The molecule has 0 aliphatic rings. The monoisotopic (exact) mass is 357 g/mol. The number of nitrogens with two attached hydrogens (primary N) is 1. The van der Waals surface area contributed by atoms with Gasteiger partial charge in [-0.25, -0.2) is 0 Å². The lowest BCUT2D eigenvalue weighted by atomic mass is 10.2. The highest BCUT2D eigenvalue weighted by molar-refractivity contribution is 8.13. The molecule has 25 heavy (non-hydrogen) atoms. The molecule has 0 atom stereocenters. The van der Waals surface area contributed by atoms with Gasteiger partial charge < -0.3 is 15.2 Å². The molecule has 0 aliphatic heterocycles. The maximum atomic E-state index is 5.86. The minimum absolute atomic E-state index is 0.443. The van der Waals surface area contributed by atoms with E-state index in [1.54, 1.807) is 13.3 Å². The summed E-state index contributed by atoms with van der Waals surface area (Å²) in [7, 11) is 1.68. The molecule has 132 valence electrons. The molecule has 2 N–H and O–H groups in total. The number of thioether (sulfide) groups is 1. The molecule has 0 fully saturated rings. The van der Waals surface area contributed by atoms with Crippen LogP contribution in [-0.2, 0) is 10.5 Å². The maximum absolute atomic E-state index is 5.86. The molecule has 2 aromatic rings. The standard InChI is InChI=1S/C19H23N3O2S/c1-23-12-5-13-24-18-10-8-16(9-11-18)14-21-22-19(20)25-15-17-6-3-2-4-7-17/h2-4,6-11,14H,5,12-13,15H2,1H3,(H2,20,22). The molecule has 0 heterocycles. The molecule has 5 nitrogen and oxygen atoms in total. The van der Waals surface area contributed by atoms with E-state index in [4.69, 9.17) is 15.2 Å². The van der Waals surface area contributed by atoms with E-state index in [2.05, 4.69) is 22.3 Å². The third kappa shape index (κ3) is 7.87. The second kappa shape index (κ2) is 11.3. The lowest BCUT2D eigenvalue weighted by molar-refractivity contribution is 0.172. The normalized spacial score (nSPS) is 11.8. The molecule has 2 rings (SSSR count). The third-order valence-electron chi connectivity index (χ3n) is 3.23. The molecular formula is C19H23N3O2S. The van der Waals surface area contributed by atoms with Crippen LogP contribution < -0.4 is 10.5 Å². The molecule has 0 bridgehead atoms. The fraction of sp³-hybridized carbons (Fsp3) is 0.263. The van der Waals surface area contributed by atoms with E-state index in [1.165, 1.54) is 17.3 Å². The first-order valence-corrected chi connectivity index (χ1v) is 9.01. The Hall–Kier alpha value is -2.31. The van der Waals surface area contributed by atoms with Gasteiger partial charge in [0.15, 0.2) is 5.17 Å². The maximum Gasteiger partial charge on any atom is 0.180 e. The summed E-state index contributed by atoms with van der Waals surface area (Å²) in [5.74, 6) is 1.61. The van der Waals surface area contributed by atoms with E-state index in [9.17, 15) is 0 Å². The van der Waals surface area contributed by atoms with Crippen molar-refractivity contribution >= 4 is 23.1 Å². The van der Waals surface area contributed by atoms with Crippen LogP contribution in [-0.4, -0.2) is 31.7 Å². The van der Waals surface area contributed by atoms with Gasteiger partial charge in [-0.05, 0) is 35.4 Å². The van der Waals surface area contributed by atoms with Crippen molar-refractivity contribution in [2.75, 3.05) is 20.3 Å². The zero-order valence-corrected chi connectivity index (χ0v) is 15.1. The number of nitrogens with zero attached hydrogens (tertiary/aromatic N) is 2. The largest absolute Gasteiger partial charge is 0.494 e. The van der Waals surface area contributed by atoms with Gasteiger partial charge in [0.05, 0.1) is 12.8 Å². The highest BCUT2D eigenvalue weighted by Crippen LogP contribution is 2.13. The Morgan fingerprint density at radius 2 is 1.84 bits per heavy atom. The van der Waals surface area contributed by atoms with Crippen LogP contribution in [0.1, 0.15) is 17.5 Å².